The van der Waals surface area contributed by atoms with Gasteiger partial charge in [-0.05, 0) is 13.8 Å². The highest BCUT2D eigenvalue weighted by Gasteiger charge is 2.67. The summed E-state index contributed by atoms with van der Waals surface area (Å²) in [7, 11) is 0. The van der Waals surface area contributed by atoms with Crippen LogP contribution in [-0.4, -0.2) is 44.8 Å². The van der Waals surface area contributed by atoms with Crippen molar-refractivity contribution in [1.82, 2.24) is 0 Å². The first-order chi connectivity index (χ1) is 8.03. The molecule has 0 radical (unpaired) electrons. The van der Waals surface area contributed by atoms with Crippen LogP contribution in [-0.2, 0) is 23.9 Å². The van der Waals surface area contributed by atoms with Gasteiger partial charge in [-0.1, -0.05) is 6.58 Å². The van der Waals surface area contributed by atoms with Crippen molar-refractivity contribution in [2.45, 2.75) is 19.4 Å². The first kappa shape index (κ1) is 15.6. The number of carboxylic acids is 3. The summed E-state index contributed by atoms with van der Waals surface area (Å²) in [6, 6.07) is 0. The predicted octanol–water partition coefficient (Wildman–Crippen LogP) is -0.266. The van der Waals surface area contributed by atoms with Gasteiger partial charge in [0.25, 0.3) is 5.41 Å². The van der Waals surface area contributed by atoms with E-state index in [4.69, 9.17) is 15.3 Å². The summed E-state index contributed by atoms with van der Waals surface area (Å²) < 4.78 is 4.54. The lowest BCUT2D eigenvalue weighted by Gasteiger charge is -2.35. The van der Waals surface area contributed by atoms with Gasteiger partial charge >= 0.3 is 23.9 Å². The number of hydrogen-bond donors (Lipinski definition) is 3. The minimum atomic E-state index is -3.31. The van der Waals surface area contributed by atoms with Gasteiger partial charge in [0.2, 0.25) is 0 Å². The summed E-state index contributed by atoms with van der Waals surface area (Å²) in [4.78, 5) is 44.1. The van der Waals surface area contributed by atoms with Crippen molar-refractivity contribution in [2.24, 2.45) is 5.41 Å². The molecule has 0 rings (SSSR count). The van der Waals surface area contributed by atoms with Crippen LogP contribution in [0.3, 0.4) is 0 Å². The molecular formula is C10H12O8. The maximum absolute atomic E-state index is 11.0. The van der Waals surface area contributed by atoms with Gasteiger partial charge in [-0.15, -0.1) is 0 Å². The van der Waals surface area contributed by atoms with Crippen LogP contribution in [0.2, 0.25) is 0 Å². The van der Waals surface area contributed by atoms with Crippen molar-refractivity contribution in [3.8, 4) is 0 Å². The Morgan fingerprint density at radius 3 is 1.56 bits per heavy atom. The Kier molecular flexibility index (Phi) is 4.22. The van der Waals surface area contributed by atoms with Gasteiger partial charge in [0.05, 0.1) is 0 Å². The van der Waals surface area contributed by atoms with Crippen LogP contribution in [0.1, 0.15) is 13.8 Å². The molecular weight excluding hydrogens is 248 g/mol. The molecule has 0 atom stereocenters. The molecule has 0 aromatic carbocycles. The third kappa shape index (κ3) is 2.17. The van der Waals surface area contributed by atoms with E-state index in [0.29, 0.717) is 6.08 Å². The highest BCUT2D eigenvalue weighted by atomic mass is 16.6. The fourth-order valence-electron chi connectivity index (χ4n) is 1.42. The molecule has 8 heteroatoms. The van der Waals surface area contributed by atoms with Gasteiger partial charge in [-0.2, -0.15) is 0 Å². The standard InChI is InChI=1S/C10H12O8/c1-4-5(11)18-9(2,3)10(6(12)13,7(14)15)8(16)17/h4H,1H2,2-3H3,(H,12,13)(H,14,15)(H,16,17). The number of hydrogen-bond acceptors (Lipinski definition) is 5. The largest absolute Gasteiger partial charge is 0.480 e. The van der Waals surface area contributed by atoms with Gasteiger partial charge < -0.3 is 20.1 Å². The molecule has 0 unspecified atom stereocenters. The lowest BCUT2D eigenvalue weighted by atomic mass is 9.73. The van der Waals surface area contributed by atoms with Crippen LogP contribution >= 0.6 is 0 Å². The maximum atomic E-state index is 11.0. The Hall–Kier alpha value is -2.38. The number of ether oxygens (including phenoxy) is 1. The molecule has 0 bridgehead atoms. The van der Waals surface area contributed by atoms with Crippen LogP contribution in [0.15, 0.2) is 12.7 Å². The zero-order valence-corrected chi connectivity index (χ0v) is 9.67. The van der Waals surface area contributed by atoms with Crippen LogP contribution in [0.5, 0.6) is 0 Å². The molecule has 0 aliphatic rings. The molecule has 3 N–H and O–H groups in total. The van der Waals surface area contributed by atoms with E-state index in [1.807, 2.05) is 0 Å². The van der Waals surface area contributed by atoms with E-state index in [1.165, 1.54) is 0 Å². The smallest absolute Gasteiger partial charge is 0.337 e. The number of carbonyl (C=O) groups excluding carboxylic acids is 1. The van der Waals surface area contributed by atoms with Crippen molar-refractivity contribution in [2.75, 3.05) is 0 Å². The van der Waals surface area contributed by atoms with Crippen LogP contribution in [0, 0.1) is 5.41 Å². The monoisotopic (exact) mass is 260 g/mol. The van der Waals surface area contributed by atoms with E-state index in [9.17, 15) is 19.2 Å². The van der Waals surface area contributed by atoms with Crippen molar-refractivity contribution in [1.29, 1.82) is 0 Å². The molecule has 0 aliphatic carbocycles. The van der Waals surface area contributed by atoms with E-state index >= 15 is 0 Å². The minimum Gasteiger partial charge on any atom is -0.480 e. The van der Waals surface area contributed by atoms with Gasteiger partial charge in [0.15, 0.2) is 0 Å². The lowest BCUT2D eigenvalue weighted by Crippen LogP contribution is -2.61. The molecule has 0 aromatic heterocycles. The topological polar surface area (TPSA) is 138 Å². The lowest BCUT2D eigenvalue weighted by molar-refractivity contribution is -0.199. The number of carbonyl (C=O) groups is 4. The molecule has 0 amide bonds. The number of aliphatic carboxylic acids is 3. The molecule has 0 saturated heterocycles. The highest BCUT2D eigenvalue weighted by molar-refractivity contribution is 6.17. The van der Waals surface area contributed by atoms with Crippen LogP contribution in [0.25, 0.3) is 0 Å². The Bertz CT molecular complexity index is 384. The second kappa shape index (κ2) is 4.86. The zero-order valence-electron chi connectivity index (χ0n) is 9.67. The summed E-state index contributed by atoms with van der Waals surface area (Å²) in [5.41, 5.74) is -5.63. The normalized spacial score (nSPS) is 11.4. The molecule has 8 nitrogen and oxygen atoms in total. The van der Waals surface area contributed by atoms with Gasteiger partial charge in [-0.25, -0.2) is 4.79 Å². The van der Waals surface area contributed by atoms with E-state index in [1.54, 1.807) is 0 Å². The fraction of sp³-hybridized carbons (Fsp3) is 0.400. The SMILES string of the molecule is C=CC(=O)OC(C)(C)C(C(=O)O)(C(=O)O)C(=O)O. The van der Waals surface area contributed by atoms with Crippen molar-refractivity contribution in [3.63, 3.8) is 0 Å². The molecule has 0 fully saturated rings. The van der Waals surface area contributed by atoms with Crippen LogP contribution in [0.4, 0.5) is 0 Å². The summed E-state index contributed by atoms with van der Waals surface area (Å²) in [6.07, 6.45) is 0.665. The minimum absolute atomic E-state index is 0.665. The van der Waals surface area contributed by atoms with Gasteiger partial charge in [0, 0.05) is 6.08 Å². The third-order valence-corrected chi connectivity index (χ3v) is 2.39. The molecule has 0 aromatic rings. The van der Waals surface area contributed by atoms with Crippen molar-refractivity contribution >= 4 is 23.9 Å². The summed E-state index contributed by atoms with van der Waals surface area (Å²) in [6.45, 7) is 4.80. The first-order valence-corrected chi connectivity index (χ1v) is 4.59. The quantitative estimate of drug-likeness (QED) is 0.337. The Balaban J connectivity index is 5.93. The molecule has 100 valence electrons. The van der Waals surface area contributed by atoms with Gasteiger partial charge in [-0.3, -0.25) is 14.4 Å². The maximum Gasteiger partial charge on any atom is 0.337 e. The third-order valence-electron chi connectivity index (χ3n) is 2.39. The molecule has 0 heterocycles. The number of rotatable bonds is 6. The summed E-state index contributed by atoms with van der Waals surface area (Å²) in [5.74, 6) is -7.58. The first-order valence-electron chi connectivity index (χ1n) is 4.59. The average molecular weight is 260 g/mol. The predicted molar refractivity (Wildman–Crippen MR) is 55.7 cm³/mol. The summed E-state index contributed by atoms with van der Waals surface area (Å²) >= 11 is 0. The average Bonchev–Trinajstić information content (AvgIpc) is 2.14. The van der Waals surface area contributed by atoms with E-state index in [2.05, 4.69) is 11.3 Å². The van der Waals surface area contributed by atoms with Gasteiger partial charge in [0.1, 0.15) is 5.60 Å². The Morgan fingerprint density at radius 2 is 1.33 bits per heavy atom. The van der Waals surface area contributed by atoms with Crippen molar-refractivity contribution in [3.05, 3.63) is 12.7 Å². The number of carboxylic acid groups (broad SMARTS) is 3. The van der Waals surface area contributed by atoms with E-state index < -0.39 is 34.9 Å². The Morgan fingerprint density at radius 1 is 1.00 bits per heavy atom. The fourth-order valence-corrected chi connectivity index (χ4v) is 1.42. The summed E-state index contributed by atoms with van der Waals surface area (Å²) in [5, 5.41) is 26.7. The van der Waals surface area contributed by atoms with Crippen molar-refractivity contribution < 1.29 is 39.2 Å². The van der Waals surface area contributed by atoms with Crippen LogP contribution < -0.4 is 0 Å². The molecule has 0 aliphatic heterocycles. The van der Waals surface area contributed by atoms with E-state index in [-0.39, 0.29) is 0 Å². The zero-order chi connectivity index (χ0) is 14.7. The van der Waals surface area contributed by atoms with E-state index in [0.717, 1.165) is 13.8 Å². The molecule has 0 spiro atoms. The molecule has 0 saturated carbocycles. The highest BCUT2D eigenvalue weighted by Crippen LogP contribution is 2.36. The Labute approximate surface area is 101 Å². The second-order valence-corrected chi connectivity index (χ2v) is 3.80. The number of esters is 1. The second-order valence-electron chi connectivity index (χ2n) is 3.80. The molecule has 18 heavy (non-hydrogen) atoms.